The molecule has 33 heavy (non-hydrogen) atoms. The number of benzene rings is 1. The number of amides is 2. The average molecular weight is 471 g/mol. The summed E-state index contributed by atoms with van der Waals surface area (Å²) in [7, 11) is 1.10. The summed E-state index contributed by atoms with van der Waals surface area (Å²) in [6.07, 6.45) is -5.10. The van der Waals surface area contributed by atoms with Crippen LogP contribution in [0.5, 0.6) is 0 Å². The first-order chi connectivity index (χ1) is 15.1. The number of esters is 1. The maximum atomic E-state index is 13.7. The van der Waals surface area contributed by atoms with Gasteiger partial charge in [-0.1, -0.05) is 51.1 Å². The zero-order valence-electron chi connectivity index (χ0n) is 20.0. The number of carbonyl (C=O) groups excluding carboxylic acids is 3. The second kappa shape index (κ2) is 9.73. The largest absolute Gasteiger partial charge is 0.467 e. The van der Waals surface area contributed by atoms with Gasteiger partial charge in [0.15, 0.2) is 0 Å². The number of hydrogen-bond donors (Lipinski definition) is 1. The number of halogens is 3. The van der Waals surface area contributed by atoms with Crippen molar-refractivity contribution in [3.05, 3.63) is 35.9 Å². The number of hydrogen-bond acceptors (Lipinski definition) is 4. The van der Waals surface area contributed by atoms with Crippen LogP contribution in [0.1, 0.15) is 53.0 Å². The van der Waals surface area contributed by atoms with Crippen LogP contribution in [0, 0.1) is 11.3 Å². The lowest BCUT2D eigenvalue weighted by Crippen LogP contribution is -2.57. The Morgan fingerprint density at radius 1 is 1.12 bits per heavy atom. The SMILES string of the molecule is COC(=O)C(Cc1ccccc1)N1C(=O)C(C(F)(F)F)CC1C(=O)NC(C)(C)CC(C)(C)C. The van der Waals surface area contributed by atoms with Crippen molar-refractivity contribution < 1.29 is 32.3 Å². The maximum Gasteiger partial charge on any atom is 0.400 e. The Balaban J connectivity index is 2.43. The molecule has 1 fully saturated rings. The molecule has 0 aromatic heterocycles. The standard InChI is InChI=1S/C24H33F3N2O4/c1-22(2,3)14-23(4,5)28-19(30)17-13-16(24(25,26)27)20(31)29(17)18(21(32)33-6)12-15-10-8-7-9-11-15/h7-11,16-18H,12-14H2,1-6H3,(H,28,30). The highest BCUT2D eigenvalue weighted by atomic mass is 19.4. The molecule has 1 heterocycles. The lowest BCUT2D eigenvalue weighted by Gasteiger charge is -2.36. The van der Waals surface area contributed by atoms with Crippen LogP contribution in [0.4, 0.5) is 13.2 Å². The summed E-state index contributed by atoms with van der Waals surface area (Å²) in [5.41, 5.74) is -0.262. The molecule has 9 heteroatoms. The van der Waals surface area contributed by atoms with E-state index in [0.29, 0.717) is 12.0 Å². The number of rotatable bonds is 7. The first kappa shape index (κ1) is 26.7. The first-order valence-electron chi connectivity index (χ1n) is 10.9. The van der Waals surface area contributed by atoms with E-state index in [-0.39, 0.29) is 11.8 Å². The fraction of sp³-hybridized carbons (Fsp3) is 0.625. The molecule has 1 aromatic carbocycles. The molecule has 0 saturated carbocycles. The van der Waals surface area contributed by atoms with Crippen LogP contribution in [-0.2, 0) is 25.5 Å². The molecule has 0 bridgehead atoms. The number of alkyl halides is 3. The summed E-state index contributed by atoms with van der Waals surface area (Å²) in [6, 6.07) is 5.76. The van der Waals surface area contributed by atoms with Gasteiger partial charge in [0.05, 0.1) is 7.11 Å². The number of nitrogens with one attached hydrogen (secondary N) is 1. The lowest BCUT2D eigenvalue weighted by atomic mass is 9.81. The molecule has 2 amide bonds. The molecule has 1 aliphatic heterocycles. The van der Waals surface area contributed by atoms with Gasteiger partial charge in [0.2, 0.25) is 11.8 Å². The molecular weight excluding hydrogens is 437 g/mol. The average Bonchev–Trinajstić information content (AvgIpc) is 3.01. The van der Waals surface area contributed by atoms with Gasteiger partial charge < -0.3 is 15.0 Å². The molecule has 1 saturated heterocycles. The predicted octanol–water partition coefficient (Wildman–Crippen LogP) is 3.88. The van der Waals surface area contributed by atoms with Crippen molar-refractivity contribution in [2.45, 2.75) is 77.7 Å². The minimum Gasteiger partial charge on any atom is -0.467 e. The van der Waals surface area contributed by atoms with Crippen molar-refractivity contribution in [3.8, 4) is 0 Å². The molecule has 184 valence electrons. The predicted molar refractivity (Wildman–Crippen MR) is 117 cm³/mol. The summed E-state index contributed by atoms with van der Waals surface area (Å²) in [5.74, 6) is -5.24. The van der Waals surface area contributed by atoms with Crippen LogP contribution in [0.3, 0.4) is 0 Å². The molecule has 3 atom stereocenters. The van der Waals surface area contributed by atoms with Crippen LogP contribution in [-0.4, -0.2) is 53.6 Å². The van der Waals surface area contributed by atoms with E-state index in [1.165, 1.54) is 0 Å². The Bertz CT molecular complexity index is 863. The van der Waals surface area contributed by atoms with Gasteiger partial charge in [-0.3, -0.25) is 9.59 Å². The van der Waals surface area contributed by atoms with Crippen LogP contribution < -0.4 is 5.32 Å². The number of methoxy groups -OCH3 is 1. The second-order valence-electron chi connectivity index (χ2n) is 10.4. The molecule has 1 N–H and O–H groups in total. The first-order valence-corrected chi connectivity index (χ1v) is 10.9. The second-order valence-corrected chi connectivity index (χ2v) is 10.4. The summed E-state index contributed by atoms with van der Waals surface area (Å²) in [4.78, 5) is 39.5. The van der Waals surface area contributed by atoms with E-state index in [1.54, 1.807) is 44.2 Å². The summed E-state index contributed by atoms with van der Waals surface area (Å²) >= 11 is 0. The Morgan fingerprint density at radius 3 is 2.18 bits per heavy atom. The summed E-state index contributed by atoms with van der Waals surface area (Å²) in [6.45, 7) is 9.51. The fourth-order valence-electron chi connectivity index (χ4n) is 4.70. The summed E-state index contributed by atoms with van der Waals surface area (Å²) in [5, 5.41) is 2.80. The number of nitrogens with zero attached hydrogens (tertiary/aromatic N) is 1. The maximum absolute atomic E-state index is 13.7. The van der Waals surface area contributed by atoms with Gasteiger partial charge in [-0.15, -0.1) is 0 Å². The molecule has 0 radical (unpaired) electrons. The molecule has 1 aromatic rings. The van der Waals surface area contributed by atoms with Crippen molar-refractivity contribution in [1.29, 1.82) is 0 Å². The van der Waals surface area contributed by atoms with E-state index in [1.807, 2.05) is 20.8 Å². The summed E-state index contributed by atoms with van der Waals surface area (Å²) < 4.78 is 45.8. The van der Waals surface area contributed by atoms with Gasteiger partial charge in [-0.25, -0.2) is 4.79 Å². The monoisotopic (exact) mass is 470 g/mol. The third-order valence-corrected chi connectivity index (χ3v) is 5.56. The molecular formula is C24H33F3N2O4. The van der Waals surface area contributed by atoms with Crippen molar-refractivity contribution in [2.24, 2.45) is 11.3 Å². The van der Waals surface area contributed by atoms with Gasteiger partial charge in [0.1, 0.15) is 18.0 Å². The highest BCUT2D eigenvalue weighted by Crippen LogP contribution is 2.39. The smallest absolute Gasteiger partial charge is 0.400 e. The van der Waals surface area contributed by atoms with Crippen molar-refractivity contribution >= 4 is 17.8 Å². The van der Waals surface area contributed by atoms with E-state index < -0.39 is 53.9 Å². The molecule has 0 spiro atoms. The highest BCUT2D eigenvalue weighted by Gasteiger charge is 2.58. The van der Waals surface area contributed by atoms with Gasteiger partial charge >= 0.3 is 12.1 Å². The van der Waals surface area contributed by atoms with E-state index in [0.717, 1.165) is 12.0 Å². The number of likely N-dealkylation sites (tertiary alicyclic amines) is 1. The normalized spacial score (nSPS) is 20.5. The molecule has 1 aliphatic rings. The zero-order chi connectivity index (χ0) is 25.2. The Morgan fingerprint density at radius 2 is 1.70 bits per heavy atom. The molecule has 2 rings (SSSR count). The quantitative estimate of drug-likeness (QED) is 0.614. The van der Waals surface area contributed by atoms with Crippen LogP contribution in [0.15, 0.2) is 30.3 Å². The van der Waals surface area contributed by atoms with Crippen molar-refractivity contribution in [1.82, 2.24) is 10.2 Å². The number of ether oxygens (including phenoxy) is 1. The minimum absolute atomic E-state index is 0.0704. The van der Waals surface area contributed by atoms with Gasteiger partial charge in [-0.05, 0) is 37.7 Å². The van der Waals surface area contributed by atoms with Crippen LogP contribution in [0.25, 0.3) is 0 Å². The van der Waals surface area contributed by atoms with E-state index >= 15 is 0 Å². The van der Waals surface area contributed by atoms with Crippen LogP contribution in [0.2, 0.25) is 0 Å². The van der Waals surface area contributed by atoms with Crippen molar-refractivity contribution in [3.63, 3.8) is 0 Å². The van der Waals surface area contributed by atoms with E-state index in [9.17, 15) is 27.6 Å². The van der Waals surface area contributed by atoms with Crippen LogP contribution >= 0.6 is 0 Å². The third kappa shape index (κ3) is 6.95. The Labute approximate surface area is 192 Å². The van der Waals surface area contributed by atoms with E-state index in [4.69, 9.17) is 4.74 Å². The van der Waals surface area contributed by atoms with Gasteiger partial charge in [0.25, 0.3) is 0 Å². The molecule has 6 nitrogen and oxygen atoms in total. The highest BCUT2D eigenvalue weighted by molar-refractivity contribution is 5.95. The Hall–Kier alpha value is -2.58. The lowest BCUT2D eigenvalue weighted by molar-refractivity contribution is -0.182. The topological polar surface area (TPSA) is 75.7 Å². The molecule has 0 aliphatic carbocycles. The van der Waals surface area contributed by atoms with Gasteiger partial charge in [-0.2, -0.15) is 13.2 Å². The van der Waals surface area contributed by atoms with Gasteiger partial charge in [0, 0.05) is 12.0 Å². The Kier molecular flexibility index (Phi) is 7.86. The zero-order valence-corrected chi connectivity index (χ0v) is 20.0. The van der Waals surface area contributed by atoms with Crippen molar-refractivity contribution in [2.75, 3.05) is 7.11 Å². The fourth-order valence-corrected chi connectivity index (χ4v) is 4.70. The van der Waals surface area contributed by atoms with E-state index in [2.05, 4.69) is 5.32 Å². The minimum atomic E-state index is -4.83. The third-order valence-electron chi connectivity index (χ3n) is 5.56. The number of carbonyl (C=O) groups is 3. The molecule has 3 unspecified atom stereocenters.